The number of anilines is 1. The quantitative estimate of drug-likeness (QED) is 0.193. The topological polar surface area (TPSA) is 37.3 Å². The molecule has 0 unspecified atom stereocenters. The van der Waals surface area contributed by atoms with Gasteiger partial charge in [-0.05, 0) is 73.2 Å². The van der Waals surface area contributed by atoms with Gasteiger partial charge in [0.15, 0.2) is 0 Å². The zero-order chi connectivity index (χ0) is 28.0. The van der Waals surface area contributed by atoms with Crippen molar-refractivity contribution < 1.29 is 0 Å². The van der Waals surface area contributed by atoms with Gasteiger partial charge in [0.2, 0.25) is 0 Å². The molecule has 5 aromatic rings. The van der Waals surface area contributed by atoms with E-state index in [1.807, 2.05) is 6.07 Å². The maximum Gasteiger partial charge on any atom is 0.0831 e. The van der Waals surface area contributed by atoms with Gasteiger partial charge < -0.3 is 5.32 Å². The highest BCUT2D eigenvalue weighted by molar-refractivity contribution is 6.43. The molecule has 1 aromatic heterocycles. The molecule has 204 valence electrons. The van der Waals surface area contributed by atoms with Crippen molar-refractivity contribution in [3.05, 3.63) is 137 Å². The number of aliphatic imine (C=N–C) groups is 1. The van der Waals surface area contributed by atoms with Crippen molar-refractivity contribution in [2.24, 2.45) is 4.99 Å². The molecule has 4 aromatic carbocycles. The van der Waals surface area contributed by atoms with Crippen molar-refractivity contribution >= 4 is 39.3 Å². The summed E-state index contributed by atoms with van der Waals surface area (Å²) in [5.41, 5.74) is 11.9. The summed E-state index contributed by atoms with van der Waals surface area (Å²) in [4.78, 5) is 10.4. The summed E-state index contributed by atoms with van der Waals surface area (Å²) < 4.78 is 0. The van der Waals surface area contributed by atoms with Crippen LogP contribution in [0, 0.1) is 0 Å². The number of aromatic nitrogens is 1. The molecule has 6 rings (SSSR count). The number of para-hydroxylation sites is 1. The van der Waals surface area contributed by atoms with Gasteiger partial charge in [0.05, 0.1) is 33.9 Å². The summed E-state index contributed by atoms with van der Waals surface area (Å²) in [6.07, 6.45) is 7.04. The molecule has 3 nitrogen and oxygen atoms in total. The van der Waals surface area contributed by atoms with Crippen LogP contribution in [-0.2, 0) is 12.8 Å². The Morgan fingerprint density at radius 2 is 1.27 bits per heavy atom. The van der Waals surface area contributed by atoms with Crippen molar-refractivity contribution in [2.75, 3.05) is 5.32 Å². The van der Waals surface area contributed by atoms with E-state index in [1.54, 1.807) is 0 Å². The lowest BCUT2D eigenvalue weighted by molar-refractivity contribution is 0.795. The number of rotatable bonds is 10. The van der Waals surface area contributed by atoms with Crippen molar-refractivity contribution in [1.82, 2.24) is 4.98 Å². The fraction of sp³-hybridized carbons (Fsp3) is 0.211. The largest absolute Gasteiger partial charge is 0.354 e. The number of unbranched alkanes of at least 4 members (excludes halogenated alkanes) is 2. The fourth-order valence-corrected chi connectivity index (χ4v) is 5.52. The standard InChI is InChI=1S/C38H37N3/c1-3-5-11-27-17-22-30(23-18-27)39-37-32-14-8-9-15-33(32)38(40-31-24-19-28(20-25-31)12-6-4-2)36(37)35-26-21-29-13-7-10-16-34(29)41-35/h7-10,13-26,39H,3-6,11-12H2,1-2H3. The summed E-state index contributed by atoms with van der Waals surface area (Å²) in [5.74, 6) is 0. The highest BCUT2D eigenvalue weighted by Crippen LogP contribution is 2.40. The molecule has 0 bridgehead atoms. The number of pyridine rings is 1. The Labute approximate surface area is 243 Å². The van der Waals surface area contributed by atoms with Crippen LogP contribution >= 0.6 is 0 Å². The van der Waals surface area contributed by atoms with Crippen LogP contribution in [0.4, 0.5) is 11.4 Å². The van der Waals surface area contributed by atoms with Gasteiger partial charge in [-0.2, -0.15) is 0 Å². The van der Waals surface area contributed by atoms with Gasteiger partial charge in [-0.15, -0.1) is 0 Å². The van der Waals surface area contributed by atoms with E-state index in [0.717, 1.165) is 68.9 Å². The molecule has 0 saturated heterocycles. The van der Waals surface area contributed by atoms with E-state index >= 15 is 0 Å². The molecular formula is C38H37N3. The zero-order valence-corrected chi connectivity index (χ0v) is 24.0. The molecule has 1 heterocycles. The van der Waals surface area contributed by atoms with Crippen LogP contribution in [0.5, 0.6) is 0 Å². The van der Waals surface area contributed by atoms with Crippen LogP contribution in [0.1, 0.15) is 67.5 Å². The molecule has 1 aliphatic carbocycles. The number of hydrogen-bond donors (Lipinski definition) is 1. The number of nitrogens with one attached hydrogen (secondary N) is 1. The third-order valence-corrected chi connectivity index (χ3v) is 7.83. The molecule has 1 aliphatic rings. The van der Waals surface area contributed by atoms with Crippen LogP contribution in [0.2, 0.25) is 0 Å². The minimum atomic E-state index is 0.917. The Bertz CT molecular complexity index is 1710. The van der Waals surface area contributed by atoms with E-state index in [2.05, 4.69) is 122 Å². The molecule has 0 aliphatic heterocycles. The van der Waals surface area contributed by atoms with Crippen molar-refractivity contribution in [3.8, 4) is 0 Å². The van der Waals surface area contributed by atoms with Gasteiger partial charge >= 0.3 is 0 Å². The van der Waals surface area contributed by atoms with Crippen molar-refractivity contribution in [3.63, 3.8) is 0 Å². The maximum atomic E-state index is 5.28. The molecular weight excluding hydrogens is 498 g/mol. The molecule has 3 heteroatoms. The minimum absolute atomic E-state index is 0.917. The van der Waals surface area contributed by atoms with Crippen molar-refractivity contribution in [2.45, 2.75) is 52.4 Å². The highest BCUT2D eigenvalue weighted by Gasteiger charge is 2.30. The summed E-state index contributed by atoms with van der Waals surface area (Å²) in [6.45, 7) is 4.47. The number of hydrogen-bond acceptors (Lipinski definition) is 3. The van der Waals surface area contributed by atoms with Crippen LogP contribution < -0.4 is 5.32 Å². The highest BCUT2D eigenvalue weighted by atomic mass is 14.9. The molecule has 0 spiro atoms. The van der Waals surface area contributed by atoms with Gasteiger partial charge in [-0.3, -0.25) is 0 Å². The SMILES string of the molecule is CCCCc1ccc(N=C2C(c3ccc4ccccc4n3)=C(Nc3ccc(CCCC)cc3)c3ccccc32)cc1. The number of aryl methyl sites for hydroxylation is 2. The van der Waals surface area contributed by atoms with E-state index in [0.29, 0.717) is 0 Å². The number of nitrogens with zero attached hydrogens (tertiary/aromatic N) is 2. The first kappa shape index (κ1) is 26.7. The summed E-state index contributed by atoms with van der Waals surface area (Å²) in [5, 5.41) is 4.91. The molecule has 0 radical (unpaired) electrons. The summed E-state index contributed by atoms with van der Waals surface area (Å²) >= 11 is 0. The van der Waals surface area contributed by atoms with Gasteiger partial charge in [0.1, 0.15) is 0 Å². The van der Waals surface area contributed by atoms with E-state index in [4.69, 9.17) is 9.98 Å². The maximum absolute atomic E-state index is 5.28. The summed E-state index contributed by atoms with van der Waals surface area (Å²) in [6, 6.07) is 38.7. The molecule has 0 atom stereocenters. The third kappa shape index (κ3) is 5.85. The molecule has 0 amide bonds. The lowest BCUT2D eigenvalue weighted by Gasteiger charge is -2.13. The minimum Gasteiger partial charge on any atom is -0.354 e. The van der Waals surface area contributed by atoms with Crippen LogP contribution in [0.25, 0.3) is 22.2 Å². The number of allylic oxidation sites excluding steroid dienone is 1. The second-order valence-corrected chi connectivity index (χ2v) is 10.8. The normalized spacial score (nSPS) is 13.7. The lowest BCUT2D eigenvalue weighted by Crippen LogP contribution is -2.04. The fourth-order valence-electron chi connectivity index (χ4n) is 5.52. The predicted molar refractivity (Wildman–Crippen MR) is 175 cm³/mol. The van der Waals surface area contributed by atoms with Gasteiger partial charge in [-0.25, -0.2) is 9.98 Å². The average Bonchev–Trinajstić information content (AvgIpc) is 3.32. The Hall–Kier alpha value is -4.50. The Morgan fingerprint density at radius 1 is 0.634 bits per heavy atom. The van der Waals surface area contributed by atoms with Crippen LogP contribution in [0.3, 0.4) is 0 Å². The monoisotopic (exact) mass is 535 g/mol. The number of benzene rings is 4. The van der Waals surface area contributed by atoms with Crippen LogP contribution in [-0.4, -0.2) is 10.7 Å². The second kappa shape index (κ2) is 12.3. The Balaban J connectivity index is 1.48. The predicted octanol–water partition coefficient (Wildman–Crippen LogP) is 10.0. The number of fused-ring (bicyclic) bond motifs is 2. The Morgan fingerprint density at radius 3 is 1.98 bits per heavy atom. The molecule has 1 N–H and O–H groups in total. The van der Waals surface area contributed by atoms with Gasteiger partial charge in [0.25, 0.3) is 0 Å². The summed E-state index contributed by atoms with van der Waals surface area (Å²) in [7, 11) is 0. The second-order valence-electron chi connectivity index (χ2n) is 10.8. The zero-order valence-electron chi connectivity index (χ0n) is 24.0. The molecule has 41 heavy (non-hydrogen) atoms. The molecule has 0 fully saturated rings. The Kier molecular flexibility index (Phi) is 8.04. The van der Waals surface area contributed by atoms with Gasteiger partial charge in [-0.1, -0.05) is 99.5 Å². The first-order chi connectivity index (χ1) is 20.2. The van der Waals surface area contributed by atoms with E-state index in [1.165, 1.54) is 36.8 Å². The average molecular weight is 536 g/mol. The third-order valence-electron chi connectivity index (χ3n) is 7.83. The molecule has 0 saturated carbocycles. The van der Waals surface area contributed by atoms with Crippen LogP contribution in [0.15, 0.2) is 114 Å². The smallest absolute Gasteiger partial charge is 0.0831 e. The first-order valence-electron chi connectivity index (χ1n) is 15.0. The van der Waals surface area contributed by atoms with Gasteiger partial charge in [0, 0.05) is 22.2 Å². The first-order valence-corrected chi connectivity index (χ1v) is 15.0. The lowest BCUT2D eigenvalue weighted by atomic mass is 10.0. The van der Waals surface area contributed by atoms with Crippen molar-refractivity contribution in [1.29, 1.82) is 0 Å². The van der Waals surface area contributed by atoms with E-state index in [-0.39, 0.29) is 0 Å². The van der Waals surface area contributed by atoms with E-state index < -0.39 is 0 Å². The van der Waals surface area contributed by atoms with E-state index in [9.17, 15) is 0 Å².